The first-order valence-corrected chi connectivity index (χ1v) is 10.2. The van der Waals surface area contributed by atoms with Gasteiger partial charge < -0.3 is 14.2 Å². The molecule has 6 heteroatoms. The molecule has 1 atom stereocenters. The Morgan fingerprint density at radius 1 is 1.00 bits per heavy atom. The Bertz CT molecular complexity index is 1020. The fraction of sp³-hybridized carbons (Fsp3) is 0.308. The number of ether oxygens (including phenoxy) is 3. The van der Waals surface area contributed by atoms with Crippen LogP contribution in [0.4, 0.5) is 4.39 Å². The lowest BCUT2D eigenvalue weighted by atomic mass is 9.93. The van der Waals surface area contributed by atoms with E-state index >= 15 is 0 Å². The lowest BCUT2D eigenvalue weighted by molar-refractivity contribution is -0.140. The molecule has 0 radical (unpaired) electrons. The Morgan fingerprint density at radius 3 is 2.25 bits per heavy atom. The highest BCUT2D eigenvalue weighted by molar-refractivity contribution is 5.89. The van der Waals surface area contributed by atoms with Gasteiger partial charge in [-0.15, -0.1) is 0 Å². The number of hydrogen-bond donors (Lipinski definition) is 0. The molecule has 2 aromatic carbocycles. The van der Waals surface area contributed by atoms with Crippen molar-refractivity contribution in [3.63, 3.8) is 0 Å². The van der Waals surface area contributed by atoms with Crippen molar-refractivity contribution in [1.29, 1.82) is 0 Å². The van der Waals surface area contributed by atoms with Gasteiger partial charge in [0.2, 0.25) is 0 Å². The number of hydrogen-bond acceptors (Lipinski definition) is 5. The van der Waals surface area contributed by atoms with Gasteiger partial charge in [0.1, 0.15) is 11.6 Å². The lowest BCUT2D eigenvalue weighted by Crippen LogP contribution is -2.21. The SMILES string of the molecule is C=C(C)C(=O)OCC(COC)Cc1ccc(-c2ccc(OC(=O)C(=C)C)cc2F)cc1C. The van der Waals surface area contributed by atoms with Gasteiger partial charge in [-0.25, -0.2) is 14.0 Å². The number of methoxy groups -OCH3 is 1. The van der Waals surface area contributed by atoms with Crippen molar-refractivity contribution in [1.82, 2.24) is 0 Å². The first-order chi connectivity index (χ1) is 15.1. The molecule has 1 unspecified atom stereocenters. The van der Waals surface area contributed by atoms with Crippen LogP contribution in [0.25, 0.3) is 11.1 Å². The van der Waals surface area contributed by atoms with Crippen LogP contribution in [0.2, 0.25) is 0 Å². The minimum Gasteiger partial charge on any atom is -0.462 e. The molecular weight excluding hydrogens is 411 g/mol. The van der Waals surface area contributed by atoms with Gasteiger partial charge in [-0.05, 0) is 56.0 Å². The van der Waals surface area contributed by atoms with E-state index in [1.807, 2.05) is 25.1 Å². The fourth-order valence-corrected chi connectivity index (χ4v) is 3.11. The summed E-state index contributed by atoms with van der Waals surface area (Å²) in [4.78, 5) is 23.3. The fourth-order valence-electron chi connectivity index (χ4n) is 3.11. The molecular formula is C26H29FO5. The zero-order chi connectivity index (χ0) is 23.8. The zero-order valence-electron chi connectivity index (χ0n) is 19.0. The summed E-state index contributed by atoms with van der Waals surface area (Å²) < 4.78 is 30.3. The Kier molecular flexibility index (Phi) is 8.91. The standard InChI is InChI=1S/C26H29FO5/c1-16(2)25(28)31-15-19(14-30-6)12-20-7-8-21(11-18(20)5)23-10-9-22(13-24(23)27)32-26(29)17(3)4/h7-11,13,19H,1,3,12,14-15H2,2,4-6H3. The number of halogens is 1. The molecule has 0 aliphatic carbocycles. The average molecular weight is 441 g/mol. The summed E-state index contributed by atoms with van der Waals surface area (Å²) in [5.74, 6) is -1.41. The number of esters is 2. The monoisotopic (exact) mass is 440 g/mol. The molecule has 0 spiro atoms. The van der Waals surface area contributed by atoms with Gasteiger partial charge in [0.15, 0.2) is 0 Å². The molecule has 0 saturated heterocycles. The number of benzene rings is 2. The highest BCUT2D eigenvalue weighted by Crippen LogP contribution is 2.29. The summed E-state index contributed by atoms with van der Waals surface area (Å²) in [5.41, 5.74) is 3.73. The van der Waals surface area contributed by atoms with Crippen molar-refractivity contribution in [3.05, 3.63) is 77.6 Å². The normalized spacial score (nSPS) is 11.5. The second-order valence-electron chi connectivity index (χ2n) is 7.86. The summed E-state index contributed by atoms with van der Waals surface area (Å²) in [6.07, 6.45) is 0.641. The van der Waals surface area contributed by atoms with Crippen LogP contribution in [0.5, 0.6) is 5.75 Å². The maximum atomic E-state index is 14.7. The number of carbonyl (C=O) groups excluding carboxylic acids is 2. The first kappa shape index (κ1) is 25.0. The third-order valence-electron chi connectivity index (χ3n) is 4.86. The number of rotatable bonds is 10. The number of aryl methyl sites for hydroxylation is 1. The molecule has 0 aromatic heterocycles. The third kappa shape index (κ3) is 6.89. The Morgan fingerprint density at radius 2 is 1.69 bits per heavy atom. The average Bonchev–Trinajstić information content (AvgIpc) is 2.73. The highest BCUT2D eigenvalue weighted by atomic mass is 19.1. The van der Waals surface area contributed by atoms with Gasteiger partial charge in [0.05, 0.1) is 13.2 Å². The van der Waals surface area contributed by atoms with E-state index < -0.39 is 17.8 Å². The molecule has 5 nitrogen and oxygen atoms in total. The van der Waals surface area contributed by atoms with E-state index in [0.29, 0.717) is 29.7 Å². The van der Waals surface area contributed by atoms with Crippen LogP contribution >= 0.6 is 0 Å². The Hall–Kier alpha value is -3.25. The van der Waals surface area contributed by atoms with E-state index in [1.165, 1.54) is 13.0 Å². The van der Waals surface area contributed by atoms with E-state index in [-0.39, 0.29) is 23.8 Å². The van der Waals surface area contributed by atoms with Gasteiger partial charge >= 0.3 is 11.9 Å². The predicted molar refractivity (Wildman–Crippen MR) is 122 cm³/mol. The maximum absolute atomic E-state index is 14.7. The van der Waals surface area contributed by atoms with E-state index in [4.69, 9.17) is 14.2 Å². The molecule has 0 heterocycles. The molecule has 0 aliphatic heterocycles. The van der Waals surface area contributed by atoms with E-state index in [1.54, 1.807) is 26.2 Å². The predicted octanol–water partition coefficient (Wildman–Crippen LogP) is 5.21. The topological polar surface area (TPSA) is 61.8 Å². The van der Waals surface area contributed by atoms with E-state index in [9.17, 15) is 14.0 Å². The molecule has 0 bridgehead atoms. The van der Waals surface area contributed by atoms with E-state index in [0.717, 1.165) is 11.1 Å². The molecule has 32 heavy (non-hydrogen) atoms. The quantitative estimate of drug-likeness (QED) is 0.288. The minimum atomic E-state index is -0.600. The first-order valence-electron chi connectivity index (χ1n) is 10.2. The van der Waals surface area contributed by atoms with Crippen LogP contribution in [0.15, 0.2) is 60.7 Å². The Labute approximate surface area is 188 Å². The molecule has 0 saturated carbocycles. The summed E-state index contributed by atoms with van der Waals surface area (Å²) in [5, 5.41) is 0. The summed E-state index contributed by atoms with van der Waals surface area (Å²) in [6, 6.07) is 9.98. The van der Waals surface area contributed by atoms with Gasteiger partial charge in [0, 0.05) is 35.8 Å². The van der Waals surface area contributed by atoms with Crippen molar-refractivity contribution in [2.45, 2.75) is 27.2 Å². The third-order valence-corrected chi connectivity index (χ3v) is 4.86. The second-order valence-corrected chi connectivity index (χ2v) is 7.86. The van der Waals surface area contributed by atoms with Crippen LogP contribution in [-0.4, -0.2) is 32.3 Å². The number of carbonyl (C=O) groups is 2. The lowest BCUT2D eigenvalue weighted by Gasteiger charge is -2.18. The van der Waals surface area contributed by atoms with Crippen LogP contribution in [0.3, 0.4) is 0 Å². The second kappa shape index (κ2) is 11.4. The highest BCUT2D eigenvalue weighted by Gasteiger charge is 2.16. The molecule has 2 rings (SSSR count). The van der Waals surface area contributed by atoms with Gasteiger partial charge in [-0.2, -0.15) is 0 Å². The van der Waals surface area contributed by atoms with E-state index in [2.05, 4.69) is 13.2 Å². The van der Waals surface area contributed by atoms with Gasteiger partial charge in [-0.3, -0.25) is 0 Å². The van der Waals surface area contributed by atoms with Gasteiger partial charge in [0.25, 0.3) is 0 Å². The maximum Gasteiger partial charge on any atom is 0.338 e. The largest absolute Gasteiger partial charge is 0.462 e. The van der Waals surface area contributed by atoms with Crippen LogP contribution in [-0.2, 0) is 25.5 Å². The van der Waals surface area contributed by atoms with Crippen LogP contribution in [0.1, 0.15) is 25.0 Å². The van der Waals surface area contributed by atoms with Gasteiger partial charge in [-0.1, -0.05) is 31.4 Å². The van der Waals surface area contributed by atoms with Crippen LogP contribution in [0, 0.1) is 18.7 Å². The molecule has 0 fully saturated rings. The summed E-state index contributed by atoms with van der Waals surface area (Å²) >= 11 is 0. The molecule has 0 aliphatic rings. The summed E-state index contributed by atoms with van der Waals surface area (Å²) in [7, 11) is 1.60. The summed E-state index contributed by atoms with van der Waals surface area (Å²) in [6.45, 7) is 12.8. The van der Waals surface area contributed by atoms with Crippen molar-refractivity contribution in [3.8, 4) is 16.9 Å². The molecule has 0 amide bonds. The minimum absolute atomic E-state index is 0.0214. The molecule has 2 aromatic rings. The zero-order valence-corrected chi connectivity index (χ0v) is 19.0. The van der Waals surface area contributed by atoms with Crippen molar-refractivity contribution in [2.75, 3.05) is 20.3 Å². The Balaban J connectivity index is 2.16. The molecule has 170 valence electrons. The van der Waals surface area contributed by atoms with Crippen molar-refractivity contribution in [2.24, 2.45) is 5.92 Å². The smallest absolute Gasteiger partial charge is 0.338 e. The van der Waals surface area contributed by atoms with Crippen molar-refractivity contribution < 1.29 is 28.2 Å². The van der Waals surface area contributed by atoms with Crippen LogP contribution < -0.4 is 4.74 Å². The van der Waals surface area contributed by atoms with Crippen molar-refractivity contribution >= 4 is 11.9 Å². The molecule has 0 N–H and O–H groups in total.